The molecule has 1 saturated heterocycles. The topological polar surface area (TPSA) is 86.1 Å². The minimum absolute atomic E-state index is 0. The molecule has 2 aliphatic heterocycles. The molecule has 30 heavy (non-hydrogen) atoms. The monoisotopic (exact) mass is 523 g/mol. The van der Waals surface area contributed by atoms with Gasteiger partial charge in [0.25, 0.3) is 0 Å². The number of carbonyl (C=O) groups is 2. The van der Waals surface area contributed by atoms with Crippen molar-refractivity contribution in [2.75, 3.05) is 49.6 Å². The highest BCUT2D eigenvalue weighted by atomic mass is 127. The number of aliphatic imine (C=N–C) groups is 1. The van der Waals surface area contributed by atoms with E-state index in [9.17, 15) is 9.59 Å². The van der Waals surface area contributed by atoms with Crippen LogP contribution in [0.5, 0.6) is 0 Å². The number of hydrogen-bond acceptors (Lipinski definition) is 4. The van der Waals surface area contributed by atoms with Crippen LogP contribution in [0.15, 0.2) is 41.7 Å². The fourth-order valence-corrected chi connectivity index (χ4v) is 3.85. The third-order valence-electron chi connectivity index (χ3n) is 5.32. The summed E-state index contributed by atoms with van der Waals surface area (Å²) >= 11 is 0. The van der Waals surface area contributed by atoms with E-state index in [-0.39, 0.29) is 48.9 Å². The van der Waals surface area contributed by atoms with Gasteiger partial charge in [0.2, 0.25) is 11.8 Å². The minimum Gasteiger partial charge on any atom is -0.347 e. The van der Waals surface area contributed by atoms with Crippen molar-refractivity contribution in [2.45, 2.75) is 6.42 Å². The van der Waals surface area contributed by atoms with Gasteiger partial charge in [-0.2, -0.15) is 5.10 Å². The number of halogens is 1. The number of carbonyl (C=O) groups excluding carboxylic acids is 2. The summed E-state index contributed by atoms with van der Waals surface area (Å²) in [4.78, 5) is 35.0. The lowest BCUT2D eigenvalue weighted by molar-refractivity contribution is -0.120. The van der Waals surface area contributed by atoms with Gasteiger partial charge in [-0.05, 0) is 18.1 Å². The molecule has 0 spiro atoms. The van der Waals surface area contributed by atoms with Gasteiger partial charge in [-0.15, -0.1) is 24.0 Å². The van der Waals surface area contributed by atoms with Crippen LogP contribution in [0.25, 0.3) is 0 Å². The molecule has 0 saturated carbocycles. The van der Waals surface area contributed by atoms with E-state index in [1.165, 1.54) is 5.56 Å². The van der Waals surface area contributed by atoms with Crippen LogP contribution in [0.1, 0.15) is 5.56 Å². The van der Waals surface area contributed by atoms with Crippen LogP contribution in [-0.4, -0.2) is 72.2 Å². The van der Waals surface area contributed by atoms with Gasteiger partial charge in [0.15, 0.2) is 5.96 Å². The lowest BCUT2D eigenvalue weighted by Crippen LogP contribution is -2.56. The summed E-state index contributed by atoms with van der Waals surface area (Å²) in [6, 6.07) is 7.98. The zero-order valence-corrected chi connectivity index (χ0v) is 19.4. The molecule has 160 valence electrons. The SMILES string of the molecule is CN=C(NCC(=O)N1CCc2ccccc21)N1CCN(c2cnn(C)c2)C(=O)C1.I. The molecule has 2 amide bonds. The first kappa shape index (κ1) is 22.1. The second kappa shape index (κ2) is 9.45. The second-order valence-electron chi connectivity index (χ2n) is 7.16. The van der Waals surface area contributed by atoms with Gasteiger partial charge in [-0.25, -0.2) is 0 Å². The zero-order valence-electron chi connectivity index (χ0n) is 17.1. The summed E-state index contributed by atoms with van der Waals surface area (Å²) in [5.74, 6) is 0.536. The highest BCUT2D eigenvalue weighted by Gasteiger charge is 2.29. The zero-order chi connectivity index (χ0) is 20.4. The fraction of sp³-hybridized carbons (Fsp3) is 0.400. The van der Waals surface area contributed by atoms with Gasteiger partial charge in [0.05, 0.1) is 18.4 Å². The Balaban J connectivity index is 0.00000256. The van der Waals surface area contributed by atoms with Crippen LogP contribution in [0, 0.1) is 0 Å². The first-order chi connectivity index (χ1) is 14.1. The standard InChI is InChI=1S/C20H25N7O2.HI/c1-21-20(22-12-18(28)27-8-7-15-5-3-4-6-17(15)27)25-9-10-26(19(29)14-25)16-11-23-24(2)13-16;/h3-6,11,13H,7-10,12,14H2,1-2H3,(H,21,22);1H. The number of amides is 2. The van der Waals surface area contributed by atoms with Crippen LogP contribution >= 0.6 is 24.0 Å². The number of benzene rings is 1. The third kappa shape index (κ3) is 4.42. The quantitative estimate of drug-likeness (QED) is 0.367. The molecule has 1 aromatic carbocycles. The predicted octanol–water partition coefficient (Wildman–Crippen LogP) is 0.851. The van der Waals surface area contributed by atoms with Crippen LogP contribution in [0.4, 0.5) is 11.4 Å². The van der Waals surface area contributed by atoms with Crippen molar-refractivity contribution in [1.29, 1.82) is 0 Å². The number of rotatable bonds is 3. The van der Waals surface area contributed by atoms with Crippen LogP contribution in [0.2, 0.25) is 0 Å². The van der Waals surface area contributed by atoms with E-state index in [1.54, 1.807) is 27.7 Å². The van der Waals surface area contributed by atoms with Crippen molar-refractivity contribution in [3.05, 3.63) is 42.2 Å². The number of nitrogens with zero attached hydrogens (tertiary/aromatic N) is 6. The highest BCUT2D eigenvalue weighted by Crippen LogP contribution is 2.27. The van der Waals surface area contributed by atoms with Crippen molar-refractivity contribution < 1.29 is 9.59 Å². The average molecular weight is 523 g/mol. The smallest absolute Gasteiger partial charge is 0.246 e. The molecular weight excluding hydrogens is 497 g/mol. The van der Waals surface area contributed by atoms with Gasteiger partial charge in [-0.1, -0.05) is 18.2 Å². The molecule has 10 heteroatoms. The summed E-state index contributed by atoms with van der Waals surface area (Å²) in [6.07, 6.45) is 4.39. The summed E-state index contributed by atoms with van der Waals surface area (Å²) in [5, 5.41) is 7.25. The summed E-state index contributed by atoms with van der Waals surface area (Å²) in [5.41, 5.74) is 2.97. The summed E-state index contributed by atoms with van der Waals surface area (Å²) in [6.45, 7) is 2.20. The molecule has 1 aromatic heterocycles. The Morgan fingerprint density at radius 3 is 2.73 bits per heavy atom. The molecule has 1 fully saturated rings. The number of nitrogens with one attached hydrogen (secondary N) is 1. The molecular formula is C20H26IN7O2. The number of aromatic nitrogens is 2. The van der Waals surface area contributed by atoms with Crippen molar-refractivity contribution in [2.24, 2.45) is 12.0 Å². The lowest BCUT2D eigenvalue weighted by atomic mass is 10.2. The maximum absolute atomic E-state index is 12.7. The van der Waals surface area contributed by atoms with E-state index in [4.69, 9.17) is 0 Å². The van der Waals surface area contributed by atoms with Crippen molar-refractivity contribution in [3.8, 4) is 0 Å². The van der Waals surface area contributed by atoms with Gasteiger partial charge in [0.1, 0.15) is 6.54 Å². The molecule has 2 aliphatic rings. The maximum Gasteiger partial charge on any atom is 0.246 e. The number of aryl methyl sites for hydroxylation is 1. The van der Waals surface area contributed by atoms with Gasteiger partial charge < -0.3 is 20.0 Å². The molecule has 1 N–H and O–H groups in total. The molecule has 0 atom stereocenters. The summed E-state index contributed by atoms with van der Waals surface area (Å²) in [7, 11) is 3.49. The first-order valence-corrected chi connectivity index (χ1v) is 9.69. The summed E-state index contributed by atoms with van der Waals surface area (Å²) < 4.78 is 1.68. The van der Waals surface area contributed by atoms with E-state index >= 15 is 0 Å². The highest BCUT2D eigenvalue weighted by molar-refractivity contribution is 14.0. The van der Waals surface area contributed by atoms with E-state index in [2.05, 4.69) is 21.5 Å². The van der Waals surface area contributed by atoms with E-state index < -0.39 is 0 Å². The van der Waals surface area contributed by atoms with Crippen LogP contribution < -0.4 is 15.1 Å². The number of piperazine rings is 1. The van der Waals surface area contributed by atoms with E-state index in [0.29, 0.717) is 25.6 Å². The number of guanidine groups is 1. The molecule has 9 nitrogen and oxygen atoms in total. The molecule has 0 unspecified atom stereocenters. The van der Waals surface area contributed by atoms with Gasteiger partial charge in [-0.3, -0.25) is 19.3 Å². The maximum atomic E-state index is 12.7. The Labute approximate surface area is 192 Å². The molecule has 0 aliphatic carbocycles. The number of fused-ring (bicyclic) bond motifs is 1. The Bertz CT molecular complexity index is 958. The Kier molecular flexibility index (Phi) is 6.95. The van der Waals surface area contributed by atoms with Crippen molar-refractivity contribution >= 4 is 53.1 Å². The number of para-hydroxylation sites is 1. The normalized spacial score (nSPS) is 16.4. The average Bonchev–Trinajstić information content (AvgIpc) is 3.34. The third-order valence-corrected chi connectivity index (χ3v) is 5.32. The largest absolute Gasteiger partial charge is 0.347 e. The van der Waals surface area contributed by atoms with Crippen molar-refractivity contribution in [3.63, 3.8) is 0 Å². The molecule has 0 bridgehead atoms. The predicted molar refractivity (Wildman–Crippen MR) is 126 cm³/mol. The van der Waals surface area contributed by atoms with Gasteiger partial charge >= 0.3 is 0 Å². The van der Waals surface area contributed by atoms with Crippen LogP contribution in [0.3, 0.4) is 0 Å². The number of anilines is 2. The minimum atomic E-state index is -0.0213. The van der Waals surface area contributed by atoms with E-state index in [1.807, 2.05) is 36.3 Å². The number of hydrogen-bond donors (Lipinski definition) is 1. The van der Waals surface area contributed by atoms with Gasteiger partial charge in [0, 0.05) is 45.6 Å². The second-order valence-corrected chi connectivity index (χ2v) is 7.16. The molecule has 0 radical (unpaired) electrons. The molecule has 3 heterocycles. The van der Waals surface area contributed by atoms with Crippen LogP contribution in [-0.2, 0) is 23.1 Å². The van der Waals surface area contributed by atoms with Crippen molar-refractivity contribution in [1.82, 2.24) is 20.0 Å². The first-order valence-electron chi connectivity index (χ1n) is 9.69. The Morgan fingerprint density at radius 1 is 1.23 bits per heavy atom. The molecule has 2 aromatic rings. The Hall–Kier alpha value is -2.63. The molecule has 4 rings (SSSR count). The lowest BCUT2D eigenvalue weighted by Gasteiger charge is -2.35. The fourth-order valence-electron chi connectivity index (χ4n) is 3.85. The Morgan fingerprint density at radius 2 is 2.03 bits per heavy atom. The van der Waals surface area contributed by atoms with E-state index in [0.717, 1.165) is 17.8 Å².